The van der Waals surface area contributed by atoms with Crippen molar-refractivity contribution >= 4 is 38.7 Å². The molecule has 0 atom stereocenters. The summed E-state index contributed by atoms with van der Waals surface area (Å²) < 4.78 is 16.9. The summed E-state index contributed by atoms with van der Waals surface area (Å²) in [4.78, 5) is 23.8. The second-order valence-electron chi connectivity index (χ2n) is 7.06. The molecular formula is C25H23N3O4S. The zero-order valence-electron chi connectivity index (χ0n) is 18.5. The molecule has 0 saturated carbocycles. The average Bonchev–Trinajstić information content (AvgIpc) is 3.29. The fourth-order valence-electron chi connectivity index (χ4n) is 3.27. The normalized spacial score (nSPS) is 11.0. The van der Waals surface area contributed by atoms with Gasteiger partial charge in [-0.3, -0.25) is 14.7 Å². The molecule has 0 unspecified atom stereocenters. The molecule has 4 rings (SSSR count). The number of nitrogens with zero attached hydrogens (tertiary/aromatic N) is 3. The fraction of sp³-hybridized carbons (Fsp3) is 0.160. The Hall–Kier alpha value is -3.91. The molecule has 168 valence electrons. The van der Waals surface area contributed by atoms with E-state index in [9.17, 15) is 4.79 Å². The van der Waals surface area contributed by atoms with Gasteiger partial charge in [0.05, 0.1) is 38.1 Å². The van der Waals surface area contributed by atoms with Crippen molar-refractivity contribution in [3.63, 3.8) is 0 Å². The molecule has 2 aromatic carbocycles. The molecule has 33 heavy (non-hydrogen) atoms. The van der Waals surface area contributed by atoms with Crippen molar-refractivity contribution in [2.75, 3.05) is 26.2 Å². The summed E-state index contributed by atoms with van der Waals surface area (Å²) in [6.45, 7) is 0.347. The molecule has 0 N–H and O–H groups in total. The number of ether oxygens (including phenoxy) is 3. The van der Waals surface area contributed by atoms with E-state index in [0.29, 0.717) is 23.2 Å². The first-order chi connectivity index (χ1) is 16.1. The molecule has 0 spiro atoms. The lowest BCUT2D eigenvalue weighted by molar-refractivity contribution is -0.114. The van der Waals surface area contributed by atoms with Crippen LogP contribution in [0, 0.1) is 0 Å². The van der Waals surface area contributed by atoms with Gasteiger partial charge in [-0.1, -0.05) is 23.5 Å². The second kappa shape index (κ2) is 10.1. The summed E-state index contributed by atoms with van der Waals surface area (Å²) in [5.74, 6) is 1.75. The van der Waals surface area contributed by atoms with Gasteiger partial charge in [-0.25, -0.2) is 4.98 Å². The summed E-state index contributed by atoms with van der Waals surface area (Å²) in [5.41, 5.74) is 2.50. The predicted molar refractivity (Wildman–Crippen MR) is 130 cm³/mol. The molecule has 0 aliphatic rings. The minimum Gasteiger partial charge on any atom is -0.497 e. The Bertz CT molecular complexity index is 1290. The number of hydrogen-bond donors (Lipinski definition) is 0. The highest BCUT2D eigenvalue weighted by Crippen LogP contribution is 2.32. The molecule has 0 aliphatic carbocycles. The fourth-order valence-corrected chi connectivity index (χ4v) is 4.22. The number of fused-ring (bicyclic) bond motifs is 1. The van der Waals surface area contributed by atoms with Gasteiger partial charge in [0.15, 0.2) is 16.6 Å². The maximum Gasteiger partial charge on any atom is 0.253 e. The van der Waals surface area contributed by atoms with Crippen LogP contribution in [0.5, 0.6) is 17.2 Å². The summed E-state index contributed by atoms with van der Waals surface area (Å²) in [6, 6.07) is 15.0. The summed E-state index contributed by atoms with van der Waals surface area (Å²) in [5, 5.41) is 0.601. The van der Waals surface area contributed by atoms with Gasteiger partial charge in [-0.05, 0) is 47.5 Å². The van der Waals surface area contributed by atoms with Crippen molar-refractivity contribution in [1.82, 2.24) is 9.97 Å². The Morgan fingerprint density at radius 3 is 2.61 bits per heavy atom. The average molecular weight is 462 g/mol. The number of aromatic nitrogens is 2. The molecule has 0 fully saturated rings. The molecule has 0 aliphatic heterocycles. The van der Waals surface area contributed by atoms with E-state index in [2.05, 4.69) is 4.98 Å². The van der Waals surface area contributed by atoms with E-state index >= 15 is 0 Å². The molecule has 0 radical (unpaired) electrons. The van der Waals surface area contributed by atoms with Gasteiger partial charge in [-0.15, -0.1) is 0 Å². The molecule has 2 heterocycles. The maximum atomic E-state index is 13.3. The molecule has 0 bridgehead atoms. The first-order valence-electron chi connectivity index (χ1n) is 10.2. The number of carbonyl (C=O) groups is 1. The van der Waals surface area contributed by atoms with Crippen LogP contribution >= 0.6 is 11.3 Å². The minimum atomic E-state index is -0.195. The first-order valence-corrected chi connectivity index (χ1v) is 11.0. The van der Waals surface area contributed by atoms with Crippen LogP contribution in [0.15, 0.2) is 67.0 Å². The quantitative estimate of drug-likeness (QED) is 0.345. The van der Waals surface area contributed by atoms with Crippen LogP contribution in [-0.2, 0) is 11.3 Å². The number of methoxy groups -OCH3 is 3. The largest absolute Gasteiger partial charge is 0.497 e. The third-order valence-electron chi connectivity index (χ3n) is 4.97. The van der Waals surface area contributed by atoms with Crippen molar-refractivity contribution in [2.24, 2.45) is 0 Å². The Morgan fingerprint density at radius 2 is 1.88 bits per heavy atom. The molecule has 2 aromatic heterocycles. The first kappa shape index (κ1) is 22.3. The van der Waals surface area contributed by atoms with Gasteiger partial charge < -0.3 is 14.2 Å². The van der Waals surface area contributed by atoms with E-state index in [-0.39, 0.29) is 5.91 Å². The highest BCUT2D eigenvalue weighted by molar-refractivity contribution is 7.22. The Labute approximate surface area is 195 Å². The van der Waals surface area contributed by atoms with Crippen LogP contribution in [0.3, 0.4) is 0 Å². The van der Waals surface area contributed by atoms with Crippen LogP contribution in [0.25, 0.3) is 16.3 Å². The van der Waals surface area contributed by atoms with Crippen LogP contribution in [0.1, 0.15) is 11.1 Å². The van der Waals surface area contributed by atoms with Crippen LogP contribution in [0.4, 0.5) is 5.13 Å². The van der Waals surface area contributed by atoms with Crippen molar-refractivity contribution in [3.8, 4) is 17.2 Å². The Balaban J connectivity index is 1.66. The SMILES string of the molecule is COc1ccc2sc(N(Cc3cccnc3)C(=O)/C=C/c3ccc(OC)c(OC)c3)nc2c1. The number of hydrogen-bond acceptors (Lipinski definition) is 7. The zero-order valence-corrected chi connectivity index (χ0v) is 19.3. The summed E-state index contributed by atoms with van der Waals surface area (Å²) in [7, 11) is 4.78. The van der Waals surface area contributed by atoms with Gasteiger partial charge in [0.1, 0.15) is 5.75 Å². The number of rotatable bonds is 8. The Kier molecular flexibility index (Phi) is 6.85. The third kappa shape index (κ3) is 5.12. The van der Waals surface area contributed by atoms with Crippen molar-refractivity contribution in [1.29, 1.82) is 0 Å². The molecule has 7 nitrogen and oxygen atoms in total. The summed E-state index contributed by atoms with van der Waals surface area (Å²) in [6.07, 6.45) is 6.73. The topological polar surface area (TPSA) is 73.8 Å². The molecule has 4 aromatic rings. The predicted octanol–water partition coefficient (Wildman–Crippen LogP) is 4.96. The zero-order chi connectivity index (χ0) is 23.2. The highest BCUT2D eigenvalue weighted by Gasteiger charge is 2.19. The molecule has 1 amide bonds. The van der Waals surface area contributed by atoms with Gasteiger partial charge in [0.2, 0.25) is 0 Å². The van der Waals surface area contributed by atoms with E-state index in [0.717, 1.165) is 27.1 Å². The van der Waals surface area contributed by atoms with Gasteiger partial charge >= 0.3 is 0 Å². The van der Waals surface area contributed by atoms with Crippen LogP contribution in [0.2, 0.25) is 0 Å². The molecular weight excluding hydrogens is 438 g/mol. The Morgan fingerprint density at radius 1 is 1.03 bits per heavy atom. The number of amides is 1. The molecule has 8 heteroatoms. The van der Waals surface area contributed by atoms with Crippen LogP contribution in [-0.4, -0.2) is 37.2 Å². The van der Waals surface area contributed by atoms with E-state index in [1.165, 1.54) is 17.4 Å². The van der Waals surface area contributed by atoms with Crippen molar-refractivity contribution in [2.45, 2.75) is 6.54 Å². The lowest BCUT2D eigenvalue weighted by atomic mass is 10.2. The number of thiazole rings is 1. The van der Waals surface area contributed by atoms with Crippen LogP contribution < -0.4 is 19.1 Å². The maximum absolute atomic E-state index is 13.3. The standard InChI is InChI=1S/C25H23N3O4S/c1-30-19-8-10-23-20(14-19)27-25(33-23)28(16-18-5-4-12-26-15-18)24(29)11-7-17-6-9-21(31-2)22(13-17)32-3/h4-15H,16H2,1-3H3/b11-7+. The lowest BCUT2D eigenvalue weighted by Crippen LogP contribution is -2.28. The minimum absolute atomic E-state index is 0.195. The monoisotopic (exact) mass is 461 g/mol. The van der Waals surface area contributed by atoms with Gasteiger partial charge in [-0.2, -0.15) is 0 Å². The lowest BCUT2D eigenvalue weighted by Gasteiger charge is -2.18. The van der Waals surface area contributed by atoms with E-state index in [4.69, 9.17) is 19.2 Å². The van der Waals surface area contributed by atoms with E-state index in [1.54, 1.807) is 50.8 Å². The van der Waals surface area contributed by atoms with Gasteiger partial charge in [0, 0.05) is 24.5 Å². The number of anilines is 1. The second-order valence-corrected chi connectivity index (χ2v) is 8.07. The van der Waals surface area contributed by atoms with Crippen molar-refractivity contribution in [3.05, 3.63) is 78.1 Å². The number of carbonyl (C=O) groups excluding carboxylic acids is 1. The summed E-state index contributed by atoms with van der Waals surface area (Å²) >= 11 is 1.45. The highest BCUT2D eigenvalue weighted by atomic mass is 32.1. The molecule has 0 saturated heterocycles. The number of pyridine rings is 1. The van der Waals surface area contributed by atoms with E-state index in [1.807, 2.05) is 42.5 Å². The third-order valence-corrected chi connectivity index (χ3v) is 6.03. The van der Waals surface area contributed by atoms with E-state index < -0.39 is 0 Å². The smallest absolute Gasteiger partial charge is 0.253 e. The number of benzene rings is 2. The van der Waals surface area contributed by atoms with Gasteiger partial charge in [0.25, 0.3) is 5.91 Å². The van der Waals surface area contributed by atoms with Crippen molar-refractivity contribution < 1.29 is 19.0 Å².